The zero-order valence-corrected chi connectivity index (χ0v) is 7.23. The van der Waals surface area contributed by atoms with E-state index in [0.717, 1.165) is 18.1 Å². The van der Waals surface area contributed by atoms with E-state index >= 15 is 0 Å². The van der Waals surface area contributed by atoms with Gasteiger partial charge in [0.15, 0.2) is 0 Å². The van der Waals surface area contributed by atoms with Gasteiger partial charge in [-0.1, -0.05) is 0 Å². The second kappa shape index (κ2) is 3.60. The zero-order valence-electron chi connectivity index (χ0n) is 6.42. The highest BCUT2D eigenvalue weighted by molar-refractivity contribution is 7.99. The summed E-state index contributed by atoms with van der Waals surface area (Å²) in [5.74, 6) is 0. The molecule has 1 saturated carbocycles. The second-order valence-corrected chi connectivity index (χ2v) is 4.14. The summed E-state index contributed by atoms with van der Waals surface area (Å²) in [6.07, 6.45) is 5.60. The molecule has 0 bridgehead atoms. The van der Waals surface area contributed by atoms with Gasteiger partial charge in [0.25, 0.3) is 0 Å². The Kier molecular flexibility index (Phi) is 3.01. The van der Waals surface area contributed by atoms with Gasteiger partial charge < -0.3 is 11.5 Å². The van der Waals surface area contributed by atoms with E-state index in [1.165, 1.54) is 6.42 Å². The average Bonchev–Trinajstić information content (AvgIpc) is 1.95. The van der Waals surface area contributed by atoms with Gasteiger partial charge in [-0.15, -0.1) is 0 Å². The van der Waals surface area contributed by atoms with Gasteiger partial charge >= 0.3 is 0 Å². The van der Waals surface area contributed by atoms with Crippen molar-refractivity contribution in [1.29, 1.82) is 0 Å². The highest BCUT2D eigenvalue weighted by Crippen LogP contribution is 2.25. The molecule has 0 radical (unpaired) electrons. The van der Waals surface area contributed by atoms with Crippen molar-refractivity contribution in [3.8, 4) is 0 Å². The van der Waals surface area contributed by atoms with Crippen LogP contribution < -0.4 is 11.5 Å². The molecule has 0 aromatic heterocycles. The normalized spacial score (nSPS) is 41.7. The highest BCUT2D eigenvalue weighted by Gasteiger charge is 2.24. The topological polar surface area (TPSA) is 52.0 Å². The van der Waals surface area contributed by atoms with Crippen molar-refractivity contribution in [2.24, 2.45) is 11.5 Å². The second-order valence-electron chi connectivity index (χ2n) is 3.00. The SMILES string of the molecule is CSC1CCC(N)C(N)C1. The first-order valence-electron chi connectivity index (χ1n) is 3.78. The molecule has 3 unspecified atom stereocenters. The molecular formula is C7H16N2S. The summed E-state index contributed by atoms with van der Waals surface area (Å²) in [4.78, 5) is 0. The van der Waals surface area contributed by atoms with Crippen molar-refractivity contribution in [2.45, 2.75) is 36.6 Å². The summed E-state index contributed by atoms with van der Waals surface area (Å²) in [5.41, 5.74) is 11.6. The minimum Gasteiger partial charge on any atom is -0.326 e. The molecule has 1 fully saturated rings. The Bertz CT molecular complexity index is 108. The zero-order chi connectivity index (χ0) is 7.56. The molecule has 10 heavy (non-hydrogen) atoms. The molecule has 0 aromatic rings. The third-order valence-electron chi connectivity index (χ3n) is 2.24. The third kappa shape index (κ3) is 1.87. The van der Waals surface area contributed by atoms with E-state index in [4.69, 9.17) is 11.5 Å². The molecule has 4 N–H and O–H groups in total. The number of rotatable bonds is 1. The van der Waals surface area contributed by atoms with Crippen LogP contribution in [0.1, 0.15) is 19.3 Å². The van der Waals surface area contributed by atoms with Gasteiger partial charge in [-0.25, -0.2) is 0 Å². The van der Waals surface area contributed by atoms with Crippen molar-refractivity contribution in [3.63, 3.8) is 0 Å². The Morgan fingerprint density at radius 2 is 1.90 bits per heavy atom. The lowest BCUT2D eigenvalue weighted by Gasteiger charge is -2.30. The molecule has 0 aromatic carbocycles. The van der Waals surface area contributed by atoms with Gasteiger partial charge in [-0.05, 0) is 25.5 Å². The van der Waals surface area contributed by atoms with Gasteiger partial charge in [0, 0.05) is 17.3 Å². The van der Waals surface area contributed by atoms with Crippen LogP contribution in [0.25, 0.3) is 0 Å². The quantitative estimate of drug-likeness (QED) is 0.589. The maximum absolute atomic E-state index is 5.81. The van der Waals surface area contributed by atoms with Gasteiger partial charge in [0.1, 0.15) is 0 Å². The van der Waals surface area contributed by atoms with Gasteiger partial charge in [0.2, 0.25) is 0 Å². The lowest BCUT2D eigenvalue weighted by molar-refractivity contribution is 0.393. The van der Waals surface area contributed by atoms with Crippen LogP contribution in [-0.2, 0) is 0 Å². The minimum absolute atomic E-state index is 0.242. The van der Waals surface area contributed by atoms with E-state index in [9.17, 15) is 0 Å². The summed E-state index contributed by atoms with van der Waals surface area (Å²) < 4.78 is 0. The van der Waals surface area contributed by atoms with Crippen molar-refractivity contribution < 1.29 is 0 Å². The van der Waals surface area contributed by atoms with E-state index in [1.807, 2.05) is 11.8 Å². The molecule has 0 amide bonds. The molecule has 0 saturated heterocycles. The standard InChI is InChI=1S/C7H16N2S/c1-10-5-2-3-6(8)7(9)4-5/h5-7H,2-4,8-9H2,1H3. The Morgan fingerprint density at radius 1 is 1.20 bits per heavy atom. The van der Waals surface area contributed by atoms with Crippen LogP contribution in [0.5, 0.6) is 0 Å². The fourth-order valence-electron chi connectivity index (χ4n) is 1.40. The van der Waals surface area contributed by atoms with Crippen LogP contribution in [0.3, 0.4) is 0 Å². The van der Waals surface area contributed by atoms with E-state index in [-0.39, 0.29) is 12.1 Å². The summed E-state index contributed by atoms with van der Waals surface area (Å²) >= 11 is 1.92. The molecule has 0 spiro atoms. The van der Waals surface area contributed by atoms with Crippen molar-refractivity contribution in [1.82, 2.24) is 0 Å². The van der Waals surface area contributed by atoms with Gasteiger partial charge in [-0.2, -0.15) is 11.8 Å². The van der Waals surface area contributed by atoms with Crippen molar-refractivity contribution >= 4 is 11.8 Å². The molecular weight excluding hydrogens is 144 g/mol. The first kappa shape index (κ1) is 8.37. The summed E-state index contributed by atoms with van der Waals surface area (Å²) in [7, 11) is 0. The molecule has 0 aliphatic heterocycles. The lowest BCUT2D eigenvalue weighted by atomic mass is 9.91. The highest BCUT2D eigenvalue weighted by atomic mass is 32.2. The first-order valence-corrected chi connectivity index (χ1v) is 5.06. The van der Waals surface area contributed by atoms with E-state index in [2.05, 4.69) is 6.26 Å². The minimum atomic E-state index is 0.242. The molecule has 60 valence electrons. The molecule has 1 aliphatic carbocycles. The predicted octanol–water partition coefficient (Wildman–Crippen LogP) is 0.556. The van der Waals surface area contributed by atoms with Crippen molar-refractivity contribution in [3.05, 3.63) is 0 Å². The number of nitrogens with two attached hydrogens (primary N) is 2. The molecule has 2 nitrogen and oxygen atoms in total. The number of hydrogen-bond acceptors (Lipinski definition) is 3. The van der Waals surface area contributed by atoms with Crippen LogP contribution in [-0.4, -0.2) is 23.6 Å². The molecule has 1 rings (SSSR count). The van der Waals surface area contributed by atoms with E-state index in [0.29, 0.717) is 0 Å². The third-order valence-corrected chi connectivity index (χ3v) is 3.34. The molecule has 0 heterocycles. The van der Waals surface area contributed by atoms with Gasteiger partial charge in [-0.3, -0.25) is 0 Å². The fraction of sp³-hybridized carbons (Fsp3) is 1.00. The van der Waals surface area contributed by atoms with Crippen LogP contribution in [0.4, 0.5) is 0 Å². The Labute approximate surface area is 66.7 Å². The molecule has 1 aliphatic rings. The van der Waals surface area contributed by atoms with Crippen LogP contribution in [0.15, 0.2) is 0 Å². The fourth-order valence-corrected chi connectivity index (χ4v) is 2.19. The average molecular weight is 160 g/mol. The first-order chi connectivity index (χ1) is 4.74. The predicted molar refractivity (Wildman–Crippen MR) is 47.1 cm³/mol. The Hall–Kier alpha value is 0.270. The van der Waals surface area contributed by atoms with Crippen LogP contribution >= 0.6 is 11.8 Å². The Balaban J connectivity index is 2.33. The van der Waals surface area contributed by atoms with Gasteiger partial charge in [0.05, 0.1) is 0 Å². The summed E-state index contributed by atoms with van der Waals surface area (Å²) in [6, 6.07) is 0.495. The lowest BCUT2D eigenvalue weighted by Crippen LogP contribution is -2.46. The number of hydrogen-bond donors (Lipinski definition) is 2. The molecule has 3 heteroatoms. The van der Waals surface area contributed by atoms with E-state index < -0.39 is 0 Å². The Morgan fingerprint density at radius 3 is 2.40 bits per heavy atom. The van der Waals surface area contributed by atoms with Crippen LogP contribution in [0.2, 0.25) is 0 Å². The maximum Gasteiger partial charge on any atom is 0.0202 e. The van der Waals surface area contributed by atoms with Crippen LogP contribution in [0, 0.1) is 0 Å². The monoisotopic (exact) mass is 160 g/mol. The maximum atomic E-state index is 5.81. The molecule has 3 atom stereocenters. The smallest absolute Gasteiger partial charge is 0.0202 e. The number of thioether (sulfide) groups is 1. The summed E-state index contributed by atoms with van der Waals surface area (Å²) in [5, 5.41) is 0.759. The van der Waals surface area contributed by atoms with Crippen molar-refractivity contribution in [2.75, 3.05) is 6.26 Å². The summed E-state index contributed by atoms with van der Waals surface area (Å²) in [6.45, 7) is 0. The largest absolute Gasteiger partial charge is 0.326 e. The van der Waals surface area contributed by atoms with E-state index in [1.54, 1.807) is 0 Å².